The molecule has 0 fully saturated rings. The van der Waals surface area contributed by atoms with Crippen LogP contribution in [0.25, 0.3) is 11.3 Å². The van der Waals surface area contributed by atoms with E-state index < -0.39 is 0 Å². The lowest BCUT2D eigenvalue weighted by atomic mass is 10.1. The van der Waals surface area contributed by atoms with Crippen molar-refractivity contribution in [3.05, 3.63) is 71.4 Å². The van der Waals surface area contributed by atoms with Gasteiger partial charge in [-0.1, -0.05) is 0 Å². The van der Waals surface area contributed by atoms with Crippen LogP contribution in [-0.2, 0) is 13.0 Å². The Morgan fingerprint density at radius 1 is 1.20 bits per heavy atom. The van der Waals surface area contributed by atoms with E-state index in [-0.39, 0.29) is 5.82 Å². The first-order chi connectivity index (χ1) is 12.0. The summed E-state index contributed by atoms with van der Waals surface area (Å²) in [6, 6.07) is 11.0. The van der Waals surface area contributed by atoms with E-state index in [2.05, 4.69) is 47.0 Å². The molecule has 3 rings (SSSR count). The number of nitrogens with one attached hydrogen (secondary N) is 1. The summed E-state index contributed by atoms with van der Waals surface area (Å²) in [5.41, 5.74) is 5.31. The van der Waals surface area contributed by atoms with Crippen molar-refractivity contribution in [3.8, 4) is 11.3 Å². The van der Waals surface area contributed by atoms with Gasteiger partial charge in [-0.3, -0.25) is 15.0 Å². The quantitative estimate of drug-likeness (QED) is 0.739. The number of rotatable bonds is 6. The second kappa shape index (κ2) is 7.57. The summed E-state index contributed by atoms with van der Waals surface area (Å²) in [5.74, 6) is -0.235. The van der Waals surface area contributed by atoms with Gasteiger partial charge in [0.15, 0.2) is 0 Å². The lowest BCUT2D eigenvalue weighted by molar-refractivity contribution is 0.247. The highest BCUT2D eigenvalue weighted by Crippen LogP contribution is 2.23. The third-order valence-corrected chi connectivity index (χ3v) is 4.50. The molecule has 1 N–H and O–H groups in total. The molecule has 0 aliphatic rings. The van der Waals surface area contributed by atoms with Gasteiger partial charge in [0.25, 0.3) is 0 Å². The summed E-state index contributed by atoms with van der Waals surface area (Å²) in [4.78, 5) is 6.73. The van der Waals surface area contributed by atoms with Gasteiger partial charge in [-0.05, 0) is 62.9 Å². The molecule has 0 aliphatic heterocycles. The normalized spacial score (nSPS) is 12.5. The van der Waals surface area contributed by atoms with Crippen LogP contribution in [0.5, 0.6) is 0 Å². The second-order valence-electron chi connectivity index (χ2n) is 6.57. The summed E-state index contributed by atoms with van der Waals surface area (Å²) in [6.07, 6.45) is 4.59. The van der Waals surface area contributed by atoms with E-state index in [1.165, 1.54) is 17.7 Å². The first-order valence-corrected chi connectivity index (χ1v) is 8.43. The van der Waals surface area contributed by atoms with Crippen LogP contribution in [0.1, 0.15) is 23.7 Å². The molecule has 3 aromatic rings. The fourth-order valence-electron chi connectivity index (χ4n) is 2.89. The lowest BCUT2D eigenvalue weighted by Gasteiger charge is -2.24. The summed E-state index contributed by atoms with van der Waals surface area (Å²) < 4.78 is 13.1. The number of aromatic amines is 1. The monoisotopic (exact) mass is 338 g/mol. The number of H-pyrrole nitrogens is 1. The highest BCUT2D eigenvalue weighted by Gasteiger charge is 2.15. The third kappa shape index (κ3) is 4.31. The van der Waals surface area contributed by atoms with Crippen LogP contribution in [0.15, 0.2) is 48.8 Å². The Balaban J connectivity index is 1.70. The highest BCUT2D eigenvalue weighted by molar-refractivity contribution is 5.62. The third-order valence-electron chi connectivity index (χ3n) is 4.50. The van der Waals surface area contributed by atoms with E-state index in [0.717, 1.165) is 35.5 Å². The van der Waals surface area contributed by atoms with Crippen LogP contribution in [0, 0.1) is 12.7 Å². The minimum absolute atomic E-state index is 0.235. The standard InChI is InChI=1S/C20H23FN4/c1-14-8-9-22-19(10-14)11-15(2)25(3)13-17-12-23-24-20(17)16-4-6-18(21)7-5-16/h4-10,12,15H,11,13H2,1-3H3,(H,23,24)/t15-/m0/s1. The largest absolute Gasteiger partial charge is 0.299 e. The molecule has 1 atom stereocenters. The molecule has 0 radical (unpaired) electrons. The Labute approximate surface area is 147 Å². The number of likely N-dealkylation sites (N-methyl/N-ethyl adjacent to an activating group) is 1. The average Bonchev–Trinajstić information content (AvgIpc) is 3.03. The molecule has 2 aromatic heterocycles. The number of benzene rings is 1. The van der Waals surface area contributed by atoms with E-state index in [0.29, 0.717) is 6.04 Å². The molecular weight excluding hydrogens is 315 g/mol. The van der Waals surface area contributed by atoms with Crippen molar-refractivity contribution in [2.75, 3.05) is 7.05 Å². The number of hydrogen-bond donors (Lipinski definition) is 1. The average molecular weight is 338 g/mol. The number of halogens is 1. The molecule has 0 amide bonds. The van der Waals surface area contributed by atoms with Crippen molar-refractivity contribution < 1.29 is 4.39 Å². The summed E-state index contributed by atoms with van der Waals surface area (Å²) >= 11 is 0. The summed E-state index contributed by atoms with van der Waals surface area (Å²) in [6.45, 7) is 5.04. The molecule has 0 saturated heterocycles. The van der Waals surface area contributed by atoms with E-state index in [4.69, 9.17) is 0 Å². The smallest absolute Gasteiger partial charge is 0.123 e. The van der Waals surface area contributed by atoms with Crippen LogP contribution >= 0.6 is 0 Å². The van der Waals surface area contributed by atoms with Crippen molar-refractivity contribution in [2.24, 2.45) is 0 Å². The van der Waals surface area contributed by atoms with E-state index >= 15 is 0 Å². The first kappa shape index (κ1) is 17.3. The molecule has 1 aromatic carbocycles. The lowest BCUT2D eigenvalue weighted by Crippen LogP contribution is -2.30. The number of aryl methyl sites for hydroxylation is 1. The van der Waals surface area contributed by atoms with Crippen LogP contribution in [0.2, 0.25) is 0 Å². The minimum Gasteiger partial charge on any atom is -0.299 e. The summed E-state index contributed by atoms with van der Waals surface area (Å²) in [5, 5.41) is 7.20. The topological polar surface area (TPSA) is 44.8 Å². The van der Waals surface area contributed by atoms with Gasteiger partial charge in [-0.25, -0.2) is 4.39 Å². The highest BCUT2D eigenvalue weighted by atomic mass is 19.1. The van der Waals surface area contributed by atoms with Gasteiger partial charge >= 0.3 is 0 Å². The number of hydrogen-bond acceptors (Lipinski definition) is 3. The van der Waals surface area contributed by atoms with Crippen LogP contribution in [0.4, 0.5) is 4.39 Å². The fraction of sp³-hybridized carbons (Fsp3) is 0.300. The fourth-order valence-corrected chi connectivity index (χ4v) is 2.89. The van der Waals surface area contributed by atoms with Crippen molar-refractivity contribution in [1.29, 1.82) is 0 Å². The van der Waals surface area contributed by atoms with Crippen molar-refractivity contribution >= 4 is 0 Å². The number of nitrogens with zero attached hydrogens (tertiary/aromatic N) is 3. The number of aromatic nitrogens is 3. The van der Waals surface area contributed by atoms with Crippen molar-refractivity contribution in [1.82, 2.24) is 20.1 Å². The molecule has 2 heterocycles. The predicted octanol–water partition coefficient (Wildman–Crippen LogP) is 3.98. The van der Waals surface area contributed by atoms with Crippen LogP contribution < -0.4 is 0 Å². The molecule has 0 saturated carbocycles. The van der Waals surface area contributed by atoms with Gasteiger partial charge < -0.3 is 0 Å². The zero-order valence-electron chi connectivity index (χ0n) is 14.8. The Kier molecular flexibility index (Phi) is 5.24. The maximum absolute atomic E-state index is 13.1. The van der Waals surface area contributed by atoms with Crippen LogP contribution in [-0.4, -0.2) is 33.2 Å². The van der Waals surface area contributed by atoms with Gasteiger partial charge in [-0.2, -0.15) is 5.10 Å². The Bertz CT molecular complexity index is 826. The number of pyridine rings is 1. The molecule has 0 unspecified atom stereocenters. The molecule has 0 bridgehead atoms. The second-order valence-corrected chi connectivity index (χ2v) is 6.57. The van der Waals surface area contributed by atoms with Crippen LogP contribution in [0.3, 0.4) is 0 Å². The Morgan fingerprint density at radius 2 is 1.96 bits per heavy atom. The molecular formula is C20H23FN4. The molecule has 5 heteroatoms. The van der Waals surface area contributed by atoms with Crippen molar-refractivity contribution in [3.63, 3.8) is 0 Å². The Morgan fingerprint density at radius 3 is 2.68 bits per heavy atom. The van der Waals surface area contributed by atoms with Gasteiger partial charge in [0.05, 0.1) is 11.9 Å². The Hall–Kier alpha value is -2.53. The van der Waals surface area contributed by atoms with Crippen molar-refractivity contribution in [2.45, 2.75) is 32.9 Å². The van der Waals surface area contributed by atoms with Gasteiger partial charge in [0.1, 0.15) is 5.82 Å². The first-order valence-electron chi connectivity index (χ1n) is 8.43. The molecule has 25 heavy (non-hydrogen) atoms. The van der Waals surface area contributed by atoms with E-state index in [1.807, 2.05) is 18.5 Å². The maximum atomic E-state index is 13.1. The SMILES string of the molecule is Cc1ccnc(C[C@H](C)N(C)Cc2cn[nH]c2-c2ccc(F)cc2)c1. The molecule has 0 aliphatic carbocycles. The maximum Gasteiger partial charge on any atom is 0.123 e. The van der Waals surface area contributed by atoms with E-state index in [9.17, 15) is 4.39 Å². The molecule has 4 nitrogen and oxygen atoms in total. The zero-order chi connectivity index (χ0) is 17.8. The zero-order valence-corrected chi connectivity index (χ0v) is 14.8. The summed E-state index contributed by atoms with van der Waals surface area (Å²) in [7, 11) is 2.10. The van der Waals surface area contributed by atoms with Gasteiger partial charge in [0.2, 0.25) is 0 Å². The van der Waals surface area contributed by atoms with E-state index in [1.54, 1.807) is 12.1 Å². The minimum atomic E-state index is -0.235. The van der Waals surface area contributed by atoms with Gasteiger partial charge in [0, 0.05) is 42.0 Å². The predicted molar refractivity (Wildman–Crippen MR) is 97.6 cm³/mol. The molecule has 0 spiro atoms. The van der Waals surface area contributed by atoms with Gasteiger partial charge in [-0.15, -0.1) is 0 Å². The molecule has 130 valence electrons.